The summed E-state index contributed by atoms with van der Waals surface area (Å²) in [6.45, 7) is 3.34. The molecule has 0 heterocycles. The van der Waals surface area contributed by atoms with E-state index >= 15 is 0 Å². The molecule has 0 spiro atoms. The third-order valence-electron chi connectivity index (χ3n) is 2.46. The summed E-state index contributed by atoms with van der Waals surface area (Å²) in [6.07, 6.45) is 0. The Morgan fingerprint density at radius 2 is 2.18 bits per heavy atom. The van der Waals surface area contributed by atoms with Crippen molar-refractivity contribution in [1.82, 2.24) is 5.32 Å². The minimum Gasteiger partial charge on any atom is -0.504 e. The van der Waals surface area contributed by atoms with E-state index in [4.69, 9.17) is 9.84 Å². The molecule has 0 saturated carbocycles. The van der Waals surface area contributed by atoms with Crippen LogP contribution in [-0.4, -0.2) is 30.5 Å². The van der Waals surface area contributed by atoms with Crippen molar-refractivity contribution in [3.05, 3.63) is 22.2 Å². The van der Waals surface area contributed by atoms with Crippen LogP contribution in [0, 0.1) is 5.92 Å². The maximum Gasteiger partial charge on any atom is 0.162 e. The molecule has 5 heteroatoms. The molecule has 0 aliphatic carbocycles. The Kier molecular flexibility index (Phi) is 5.74. The molecule has 3 N–H and O–H groups in total. The second kappa shape index (κ2) is 6.83. The number of aromatic hydroxyl groups is 1. The van der Waals surface area contributed by atoms with Gasteiger partial charge in [-0.3, -0.25) is 0 Å². The van der Waals surface area contributed by atoms with E-state index in [1.54, 1.807) is 6.07 Å². The Morgan fingerprint density at radius 1 is 1.47 bits per heavy atom. The SMILES string of the molecule is COc1cc(Br)cc(CNCC(C)CO)c1O. The molecule has 0 radical (unpaired) electrons. The Labute approximate surface area is 110 Å². The highest BCUT2D eigenvalue weighted by atomic mass is 79.9. The van der Waals surface area contributed by atoms with Gasteiger partial charge in [-0.05, 0) is 18.1 Å². The third kappa shape index (κ3) is 4.18. The average Bonchev–Trinajstić information content (AvgIpc) is 2.32. The van der Waals surface area contributed by atoms with Gasteiger partial charge >= 0.3 is 0 Å². The van der Waals surface area contributed by atoms with E-state index in [0.29, 0.717) is 18.8 Å². The molecule has 0 amide bonds. The van der Waals surface area contributed by atoms with Crippen molar-refractivity contribution >= 4 is 15.9 Å². The Bertz CT molecular complexity index is 371. The van der Waals surface area contributed by atoms with Gasteiger partial charge in [0.25, 0.3) is 0 Å². The summed E-state index contributed by atoms with van der Waals surface area (Å²) < 4.78 is 5.93. The van der Waals surface area contributed by atoms with Gasteiger partial charge in [-0.25, -0.2) is 0 Å². The molecule has 0 fully saturated rings. The summed E-state index contributed by atoms with van der Waals surface area (Å²) >= 11 is 3.36. The molecule has 1 aromatic rings. The van der Waals surface area contributed by atoms with Gasteiger partial charge in [-0.2, -0.15) is 0 Å². The van der Waals surface area contributed by atoms with Crippen molar-refractivity contribution in [2.24, 2.45) is 5.92 Å². The monoisotopic (exact) mass is 303 g/mol. The first-order chi connectivity index (χ1) is 8.08. The van der Waals surface area contributed by atoms with E-state index in [0.717, 1.165) is 10.0 Å². The molecule has 0 aliphatic heterocycles. The van der Waals surface area contributed by atoms with Crippen LogP contribution >= 0.6 is 15.9 Å². The van der Waals surface area contributed by atoms with Crippen molar-refractivity contribution in [3.63, 3.8) is 0 Å². The lowest BCUT2D eigenvalue weighted by Gasteiger charge is -2.12. The zero-order valence-electron chi connectivity index (χ0n) is 10.0. The quantitative estimate of drug-likeness (QED) is 0.751. The molecule has 1 rings (SSSR count). The highest BCUT2D eigenvalue weighted by molar-refractivity contribution is 9.10. The second-order valence-electron chi connectivity index (χ2n) is 4.03. The minimum absolute atomic E-state index is 0.153. The highest BCUT2D eigenvalue weighted by Crippen LogP contribution is 2.33. The van der Waals surface area contributed by atoms with Gasteiger partial charge in [0.2, 0.25) is 0 Å². The molecule has 0 saturated heterocycles. The molecular weight excluding hydrogens is 286 g/mol. The fourth-order valence-corrected chi connectivity index (χ4v) is 1.92. The normalized spacial score (nSPS) is 12.5. The van der Waals surface area contributed by atoms with Crippen LogP contribution in [0.4, 0.5) is 0 Å². The predicted molar refractivity (Wildman–Crippen MR) is 70.3 cm³/mol. The lowest BCUT2D eigenvalue weighted by atomic mass is 10.1. The van der Waals surface area contributed by atoms with Crippen molar-refractivity contribution in [3.8, 4) is 11.5 Å². The number of rotatable bonds is 6. The predicted octanol–water partition coefficient (Wildman–Crippen LogP) is 1.88. The number of hydrogen-bond acceptors (Lipinski definition) is 4. The fourth-order valence-electron chi connectivity index (χ4n) is 1.44. The number of phenols is 1. The second-order valence-corrected chi connectivity index (χ2v) is 4.95. The van der Waals surface area contributed by atoms with E-state index in [-0.39, 0.29) is 18.3 Å². The lowest BCUT2D eigenvalue weighted by molar-refractivity contribution is 0.233. The van der Waals surface area contributed by atoms with Crippen LogP contribution < -0.4 is 10.1 Å². The first kappa shape index (κ1) is 14.3. The molecular formula is C12H18BrNO3. The maximum atomic E-state index is 9.90. The van der Waals surface area contributed by atoms with E-state index in [2.05, 4.69) is 21.2 Å². The summed E-state index contributed by atoms with van der Waals surface area (Å²) in [5.41, 5.74) is 0.765. The largest absolute Gasteiger partial charge is 0.504 e. The smallest absolute Gasteiger partial charge is 0.162 e. The Balaban J connectivity index is 2.67. The summed E-state index contributed by atoms with van der Waals surface area (Å²) in [5.74, 6) is 0.803. The number of nitrogens with one attached hydrogen (secondary N) is 1. The van der Waals surface area contributed by atoms with Gasteiger partial charge < -0.3 is 20.3 Å². The topological polar surface area (TPSA) is 61.7 Å². The van der Waals surface area contributed by atoms with E-state index in [9.17, 15) is 5.11 Å². The van der Waals surface area contributed by atoms with Crippen LogP contribution in [0.5, 0.6) is 11.5 Å². The average molecular weight is 304 g/mol. The molecule has 96 valence electrons. The summed E-state index contributed by atoms with van der Waals surface area (Å²) in [7, 11) is 1.52. The minimum atomic E-state index is 0.153. The van der Waals surface area contributed by atoms with Crippen LogP contribution in [0.25, 0.3) is 0 Å². The molecule has 0 bridgehead atoms. The number of phenolic OH excluding ortho intramolecular Hbond substituents is 1. The summed E-state index contributed by atoms with van der Waals surface area (Å²) in [4.78, 5) is 0. The number of aliphatic hydroxyl groups excluding tert-OH is 1. The number of benzene rings is 1. The number of methoxy groups -OCH3 is 1. The number of ether oxygens (including phenoxy) is 1. The first-order valence-electron chi connectivity index (χ1n) is 5.45. The molecule has 0 aromatic heterocycles. The summed E-state index contributed by atoms with van der Waals surface area (Å²) in [6, 6.07) is 3.56. The molecule has 1 aromatic carbocycles. The number of hydrogen-bond donors (Lipinski definition) is 3. The molecule has 17 heavy (non-hydrogen) atoms. The van der Waals surface area contributed by atoms with Crippen molar-refractivity contribution in [1.29, 1.82) is 0 Å². The molecule has 4 nitrogen and oxygen atoms in total. The maximum absolute atomic E-state index is 9.90. The van der Waals surface area contributed by atoms with E-state index in [1.807, 2.05) is 13.0 Å². The summed E-state index contributed by atoms with van der Waals surface area (Å²) in [5, 5.41) is 22.0. The van der Waals surface area contributed by atoms with Gasteiger partial charge in [0, 0.05) is 29.7 Å². The van der Waals surface area contributed by atoms with Gasteiger partial charge in [-0.15, -0.1) is 0 Å². The van der Waals surface area contributed by atoms with Gasteiger partial charge in [-0.1, -0.05) is 22.9 Å². The molecule has 0 aliphatic rings. The lowest BCUT2D eigenvalue weighted by Crippen LogP contribution is -2.22. The standard InChI is InChI=1S/C12H18BrNO3/c1-8(7-15)5-14-6-9-3-10(13)4-11(17-2)12(9)16/h3-4,8,14-16H,5-7H2,1-2H3. The molecule has 1 unspecified atom stereocenters. The van der Waals surface area contributed by atoms with Crippen molar-refractivity contribution in [2.45, 2.75) is 13.5 Å². The zero-order chi connectivity index (χ0) is 12.8. The zero-order valence-corrected chi connectivity index (χ0v) is 11.6. The van der Waals surface area contributed by atoms with Crippen molar-refractivity contribution in [2.75, 3.05) is 20.3 Å². The van der Waals surface area contributed by atoms with Gasteiger partial charge in [0.15, 0.2) is 11.5 Å². The molecule has 1 atom stereocenters. The van der Waals surface area contributed by atoms with E-state index in [1.165, 1.54) is 7.11 Å². The third-order valence-corrected chi connectivity index (χ3v) is 2.92. The fraction of sp³-hybridized carbons (Fsp3) is 0.500. The van der Waals surface area contributed by atoms with E-state index < -0.39 is 0 Å². The van der Waals surface area contributed by atoms with Gasteiger partial charge in [0.05, 0.1) is 7.11 Å². The Hall–Kier alpha value is -0.780. The van der Waals surface area contributed by atoms with Crippen LogP contribution in [0.3, 0.4) is 0 Å². The van der Waals surface area contributed by atoms with Gasteiger partial charge in [0.1, 0.15) is 0 Å². The first-order valence-corrected chi connectivity index (χ1v) is 6.24. The van der Waals surface area contributed by atoms with Crippen LogP contribution in [0.1, 0.15) is 12.5 Å². The van der Waals surface area contributed by atoms with Crippen molar-refractivity contribution < 1.29 is 14.9 Å². The Morgan fingerprint density at radius 3 is 2.76 bits per heavy atom. The highest BCUT2D eigenvalue weighted by Gasteiger charge is 2.09. The number of halogens is 1. The number of aliphatic hydroxyl groups is 1. The van der Waals surface area contributed by atoms with Crippen LogP contribution in [-0.2, 0) is 6.54 Å². The van der Waals surface area contributed by atoms with Crippen LogP contribution in [0.15, 0.2) is 16.6 Å². The van der Waals surface area contributed by atoms with Crippen LogP contribution in [0.2, 0.25) is 0 Å².